The lowest BCUT2D eigenvalue weighted by molar-refractivity contribution is 0.0240. The first-order valence-corrected chi connectivity index (χ1v) is 5.97. The number of hydrogen-bond donors (Lipinski definition) is 3. The van der Waals surface area contributed by atoms with E-state index in [1.165, 1.54) is 0 Å². The monoisotopic (exact) mass is 216 g/mol. The number of unbranched alkanes of at least 4 members (excludes halogenated alkanes) is 2. The van der Waals surface area contributed by atoms with Crippen LogP contribution in [0.25, 0.3) is 0 Å². The average Bonchev–Trinajstić information content (AvgIpc) is 2.30. The van der Waals surface area contributed by atoms with E-state index >= 15 is 0 Å². The number of nitrogens with two attached hydrogens (primary N) is 1. The lowest BCUT2D eigenvalue weighted by Crippen LogP contribution is -2.56. The summed E-state index contributed by atoms with van der Waals surface area (Å²) in [7, 11) is 0. The molecule has 0 amide bonds. The second-order valence-electron chi connectivity index (χ2n) is 4.35. The fraction of sp³-hybridized carbons (Fsp3) is 1.00. The summed E-state index contributed by atoms with van der Waals surface area (Å²) in [6, 6.07) is 0. The largest absolute Gasteiger partial charge is 0.396 e. The quantitative estimate of drug-likeness (QED) is 0.534. The van der Waals surface area contributed by atoms with Gasteiger partial charge in [-0.3, -0.25) is 0 Å². The third kappa shape index (κ3) is 4.47. The highest BCUT2D eigenvalue weighted by Gasteiger charge is 2.30. The smallest absolute Gasteiger partial charge is 0.0660 e. The Labute approximate surface area is 92.2 Å². The first kappa shape index (κ1) is 12.9. The Bertz CT molecular complexity index is 159. The molecule has 1 atom stereocenters. The standard InChI is InChI=1S/C11H24N2O2/c12-9-11(5-4-8-15-10-11)13-6-2-1-3-7-14/h13-14H,1-10,12H2. The van der Waals surface area contributed by atoms with Gasteiger partial charge in [-0.05, 0) is 38.6 Å². The minimum atomic E-state index is 0.0114. The molecule has 0 aromatic rings. The van der Waals surface area contributed by atoms with Crippen LogP contribution in [0.15, 0.2) is 0 Å². The summed E-state index contributed by atoms with van der Waals surface area (Å²) in [6.07, 6.45) is 5.28. The molecule has 0 spiro atoms. The molecule has 0 aromatic carbocycles. The van der Waals surface area contributed by atoms with Crippen molar-refractivity contribution in [3.8, 4) is 0 Å². The third-order valence-electron chi connectivity index (χ3n) is 3.05. The summed E-state index contributed by atoms with van der Waals surface area (Å²) in [5.74, 6) is 0. The van der Waals surface area contributed by atoms with Crippen molar-refractivity contribution in [2.24, 2.45) is 5.73 Å². The fourth-order valence-electron chi connectivity index (χ4n) is 1.99. The van der Waals surface area contributed by atoms with Gasteiger partial charge in [0.15, 0.2) is 0 Å². The van der Waals surface area contributed by atoms with Crippen LogP contribution in [0, 0.1) is 0 Å². The Balaban J connectivity index is 2.15. The van der Waals surface area contributed by atoms with E-state index in [4.69, 9.17) is 15.6 Å². The second-order valence-corrected chi connectivity index (χ2v) is 4.35. The summed E-state index contributed by atoms with van der Waals surface area (Å²) in [5.41, 5.74) is 5.81. The predicted octanol–water partition coefficient (Wildman–Crippen LogP) is 0.246. The van der Waals surface area contributed by atoms with E-state index in [1.54, 1.807) is 0 Å². The van der Waals surface area contributed by atoms with Gasteiger partial charge in [0.2, 0.25) is 0 Å². The maximum atomic E-state index is 8.65. The predicted molar refractivity (Wildman–Crippen MR) is 60.8 cm³/mol. The van der Waals surface area contributed by atoms with Crippen molar-refractivity contribution in [2.75, 3.05) is 32.9 Å². The molecule has 1 rings (SSSR count). The number of nitrogens with one attached hydrogen (secondary N) is 1. The molecular formula is C11H24N2O2. The van der Waals surface area contributed by atoms with Crippen LogP contribution in [-0.2, 0) is 4.74 Å². The molecule has 15 heavy (non-hydrogen) atoms. The summed E-state index contributed by atoms with van der Waals surface area (Å²) in [5, 5.41) is 12.2. The Kier molecular flexibility index (Phi) is 6.17. The van der Waals surface area contributed by atoms with Crippen LogP contribution >= 0.6 is 0 Å². The first-order chi connectivity index (χ1) is 7.33. The van der Waals surface area contributed by atoms with Crippen molar-refractivity contribution < 1.29 is 9.84 Å². The summed E-state index contributed by atoms with van der Waals surface area (Å²) in [6.45, 7) is 3.52. The molecule has 4 nitrogen and oxygen atoms in total. The maximum absolute atomic E-state index is 8.65. The molecule has 0 saturated carbocycles. The Morgan fingerprint density at radius 2 is 2.20 bits per heavy atom. The number of aliphatic hydroxyl groups excluding tert-OH is 1. The van der Waals surface area contributed by atoms with Crippen molar-refractivity contribution >= 4 is 0 Å². The minimum Gasteiger partial charge on any atom is -0.396 e. The van der Waals surface area contributed by atoms with Gasteiger partial charge in [0.25, 0.3) is 0 Å². The molecule has 1 unspecified atom stereocenters. The molecule has 4 N–H and O–H groups in total. The molecule has 1 fully saturated rings. The number of ether oxygens (including phenoxy) is 1. The van der Waals surface area contributed by atoms with E-state index < -0.39 is 0 Å². The zero-order valence-electron chi connectivity index (χ0n) is 9.50. The van der Waals surface area contributed by atoms with E-state index in [1.807, 2.05) is 0 Å². The van der Waals surface area contributed by atoms with Gasteiger partial charge in [0.05, 0.1) is 12.1 Å². The van der Waals surface area contributed by atoms with Gasteiger partial charge in [0, 0.05) is 19.8 Å². The van der Waals surface area contributed by atoms with E-state index in [0.29, 0.717) is 13.2 Å². The highest BCUT2D eigenvalue weighted by atomic mass is 16.5. The summed E-state index contributed by atoms with van der Waals surface area (Å²) in [4.78, 5) is 0. The molecule has 0 aliphatic carbocycles. The molecule has 1 aliphatic rings. The third-order valence-corrected chi connectivity index (χ3v) is 3.05. The molecule has 90 valence electrons. The lowest BCUT2D eigenvalue weighted by Gasteiger charge is -2.37. The van der Waals surface area contributed by atoms with Crippen molar-refractivity contribution in [3.05, 3.63) is 0 Å². The molecule has 1 heterocycles. The van der Waals surface area contributed by atoms with Crippen LogP contribution in [0.5, 0.6) is 0 Å². The van der Waals surface area contributed by atoms with Crippen LogP contribution in [0.1, 0.15) is 32.1 Å². The van der Waals surface area contributed by atoms with E-state index in [-0.39, 0.29) is 5.54 Å². The van der Waals surface area contributed by atoms with Crippen LogP contribution < -0.4 is 11.1 Å². The van der Waals surface area contributed by atoms with Gasteiger partial charge in [-0.15, -0.1) is 0 Å². The number of aliphatic hydroxyl groups is 1. The minimum absolute atomic E-state index is 0.0114. The van der Waals surface area contributed by atoms with Crippen LogP contribution in [0.2, 0.25) is 0 Å². The van der Waals surface area contributed by atoms with Gasteiger partial charge < -0.3 is 20.9 Å². The molecule has 4 heteroatoms. The van der Waals surface area contributed by atoms with E-state index in [9.17, 15) is 0 Å². The molecule has 1 saturated heterocycles. The van der Waals surface area contributed by atoms with Crippen LogP contribution in [0.3, 0.4) is 0 Å². The molecular weight excluding hydrogens is 192 g/mol. The zero-order chi connectivity index (χ0) is 11.0. The van der Waals surface area contributed by atoms with Crippen LogP contribution in [0.4, 0.5) is 0 Å². The SMILES string of the molecule is NCC1(NCCCCCO)CCCOC1. The topological polar surface area (TPSA) is 67.5 Å². The van der Waals surface area contributed by atoms with Crippen molar-refractivity contribution in [1.29, 1.82) is 0 Å². The van der Waals surface area contributed by atoms with Gasteiger partial charge in [-0.25, -0.2) is 0 Å². The highest BCUT2D eigenvalue weighted by molar-refractivity contribution is 4.91. The maximum Gasteiger partial charge on any atom is 0.0660 e. The van der Waals surface area contributed by atoms with Gasteiger partial charge in [-0.2, -0.15) is 0 Å². The van der Waals surface area contributed by atoms with Gasteiger partial charge in [0.1, 0.15) is 0 Å². The van der Waals surface area contributed by atoms with Crippen molar-refractivity contribution in [3.63, 3.8) is 0 Å². The zero-order valence-corrected chi connectivity index (χ0v) is 9.50. The van der Waals surface area contributed by atoms with E-state index in [2.05, 4.69) is 5.32 Å². The molecule has 0 radical (unpaired) electrons. The van der Waals surface area contributed by atoms with Crippen molar-refractivity contribution in [1.82, 2.24) is 5.32 Å². The van der Waals surface area contributed by atoms with Crippen LogP contribution in [-0.4, -0.2) is 43.6 Å². The lowest BCUT2D eigenvalue weighted by atomic mass is 9.92. The Morgan fingerprint density at radius 3 is 2.80 bits per heavy atom. The normalized spacial score (nSPS) is 26.8. The highest BCUT2D eigenvalue weighted by Crippen LogP contribution is 2.17. The Morgan fingerprint density at radius 1 is 1.33 bits per heavy atom. The summed E-state index contributed by atoms with van der Waals surface area (Å²) >= 11 is 0. The number of rotatable bonds is 7. The average molecular weight is 216 g/mol. The molecule has 1 aliphatic heterocycles. The molecule has 0 bridgehead atoms. The first-order valence-electron chi connectivity index (χ1n) is 5.97. The van der Waals surface area contributed by atoms with E-state index in [0.717, 1.165) is 51.9 Å². The van der Waals surface area contributed by atoms with Gasteiger partial charge in [-0.1, -0.05) is 0 Å². The Hall–Kier alpha value is -0.160. The number of hydrogen-bond acceptors (Lipinski definition) is 4. The molecule has 0 aromatic heterocycles. The summed E-state index contributed by atoms with van der Waals surface area (Å²) < 4.78 is 5.47. The second kappa shape index (κ2) is 7.17. The fourth-order valence-corrected chi connectivity index (χ4v) is 1.99. The van der Waals surface area contributed by atoms with Gasteiger partial charge >= 0.3 is 0 Å². The van der Waals surface area contributed by atoms with Crippen molar-refractivity contribution in [2.45, 2.75) is 37.6 Å².